The minimum Gasteiger partial charge on any atom is -0.488 e. The maximum Gasteiger partial charge on any atom is 0.237 e. The summed E-state index contributed by atoms with van der Waals surface area (Å²) in [5, 5.41) is 65.0. The highest BCUT2D eigenvalue weighted by atomic mass is 32.1. The number of aldehydes is 1. The lowest BCUT2D eigenvalue weighted by molar-refractivity contribution is 0.0728. The molecule has 0 saturated carbocycles. The van der Waals surface area contributed by atoms with Gasteiger partial charge in [0, 0.05) is 94.2 Å². The lowest BCUT2D eigenvalue weighted by Gasteiger charge is -2.28. The minimum absolute atomic E-state index is 0. The van der Waals surface area contributed by atoms with E-state index in [1.54, 1.807) is 30.4 Å². The summed E-state index contributed by atoms with van der Waals surface area (Å²) in [6.45, 7) is 22.9. The summed E-state index contributed by atoms with van der Waals surface area (Å²) in [6, 6.07) is 69.2. The zero-order valence-electron chi connectivity index (χ0n) is 60.0. The van der Waals surface area contributed by atoms with Gasteiger partial charge in [-0.15, -0.1) is 22.7 Å². The molecule has 6 aromatic carbocycles. The Morgan fingerprint density at radius 3 is 1.32 bits per heavy atom. The normalized spacial score (nSPS) is 14.9. The van der Waals surface area contributed by atoms with E-state index in [-0.39, 0.29) is 54.6 Å². The zero-order chi connectivity index (χ0) is 74.8. The van der Waals surface area contributed by atoms with Crippen molar-refractivity contribution in [3.05, 3.63) is 297 Å². The first kappa shape index (κ1) is 81.5. The van der Waals surface area contributed by atoms with Crippen LogP contribution in [0.25, 0.3) is 35.2 Å². The van der Waals surface area contributed by atoms with Crippen LogP contribution in [0.15, 0.2) is 233 Å². The quantitative estimate of drug-likeness (QED) is 0.0178. The minimum atomic E-state index is -1.06. The van der Waals surface area contributed by atoms with Crippen molar-refractivity contribution in [1.82, 2.24) is 0 Å². The number of anilines is 2. The molecule has 0 amide bonds. The third-order valence-corrected chi connectivity index (χ3v) is 19.8. The number of ether oxygens (including phenoxy) is 4. The van der Waals surface area contributed by atoms with Gasteiger partial charge >= 0.3 is 0 Å². The second-order valence-corrected chi connectivity index (χ2v) is 27.3. The van der Waals surface area contributed by atoms with Gasteiger partial charge in [-0.05, 0) is 166 Å². The van der Waals surface area contributed by atoms with Gasteiger partial charge in [0.1, 0.15) is 60.7 Å². The number of allylic oxidation sites excluding steroid dienone is 3. The van der Waals surface area contributed by atoms with Crippen LogP contribution in [0.2, 0.25) is 0 Å². The third kappa shape index (κ3) is 21.9. The molecule has 17 heteroatoms. The maximum atomic E-state index is 11.0. The number of aliphatic hydroxyl groups is 2. The number of carbonyl (C=O) groups is 1. The summed E-state index contributed by atoms with van der Waals surface area (Å²) in [5.41, 5.74) is 7.52. The molecular weight excluding hydrogens is 1360 g/mol. The second kappa shape index (κ2) is 42.1. The van der Waals surface area contributed by atoms with Crippen molar-refractivity contribution in [2.24, 2.45) is 0 Å². The first-order chi connectivity index (χ1) is 51.2. The Balaban J connectivity index is 0.000000246. The Hall–Kier alpha value is -11.8. The first-order valence-corrected chi connectivity index (χ1v) is 36.7. The molecule has 15 nitrogen and oxygen atoms in total. The van der Waals surface area contributed by atoms with Crippen LogP contribution in [0, 0.1) is 63.2 Å². The molecule has 2 aliphatic rings. The van der Waals surface area contributed by atoms with E-state index in [4.69, 9.17) is 36.0 Å². The van der Waals surface area contributed by atoms with Crippen molar-refractivity contribution in [2.75, 3.05) is 49.2 Å². The molecule has 4 heterocycles. The molecule has 2 aromatic heterocycles. The Bertz CT molecular complexity index is 4690. The highest BCUT2D eigenvalue weighted by molar-refractivity contribution is 7.14. The van der Waals surface area contributed by atoms with Crippen LogP contribution < -0.4 is 19.3 Å². The Morgan fingerprint density at radius 2 is 0.915 bits per heavy atom. The molecule has 2 unspecified atom stereocenters. The predicted octanol–water partition coefficient (Wildman–Crippen LogP) is 20.7. The topological polar surface area (TPSA) is 224 Å². The van der Waals surface area contributed by atoms with Gasteiger partial charge in [-0.3, -0.25) is 4.79 Å². The van der Waals surface area contributed by atoms with Gasteiger partial charge in [-0.1, -0.05) is 162 Å². The summed E-state index contributed by atoms with van der Waals surface area (Å²) in [5.74, 6) is 1.72. The largest absolute Gasteiger partial charge is 0.488 e. The van der Waals surface area contributed by atoms with Gasteiger partial charge < -0.3 is 39.0 Å². The van der Waals surface area contributed by atoms with Crippen molar-refractivity contribution >= 4 is 70.7 Å². The second-order valence-electron chi connectivity index (χ2n) is 25.0. The van der Waals surface area contributed by atoms with E-state index in [2.05, 4.69) is 101 Å². The molecule has 0 saturated heterocycles. The van der Waals surface area contributed by atoms with Crippen LogP contribution in [-0.4, -0.2) is 55.9 Å². The number of aliphatic hydroxyl groups excluding tert-OH is 2. The lowest BCUT2D eigenvalue weighted by atomic mass is 9.87. The molecule has 8 aromatic rings. The molecule has 0 aliphatic carbocycles. The van der Waals surface area contributed by atoms with E-state index in [0.717, 1.165) is 160 Å². The summed E-state index contributed by atoms with van der Waals surface area (Å²) in [6.07, 6.45) is 20.8. The Labute approximate surface area is 633 Å². The van der Waals surface area contributed by atoms with E-state index in [9.17, 15) is 30.8 Å². The number of nitriles is 5. The Morgan fingerprint density at radius 1 is 0.519 bits per heavy atom. The average Bonchev–Trinajstić information content (AvgIpc) is 1.60. The standard InChI is InChI=1S/C44H42N4O3S.C28H33NO3S.C16H11N3O.CH4/c1-4-5-26-48(27-12-13-28-49)37-20-18-34(41(29-37)50-32-33-14-8-6-9-15-33)19-21-38-22-23-39(52-38)24-25-40-42(47-3)43(35(30-45)31-46)51-44(40,2)36-16-10-7-11-17-36;1-2-3-17-29(18-7-8-19-30)25-13-11-24(12-14-26-15-16-27(21-31)33-26)28(20-25)32-22-23-9-5-4-6-10-23;1-11-14(10-19)15(12(8-17)9-18)20-16(11,2)13-6-4-3-5-7-13;/h6-11,14-25,29,49H,4-5,12-13,26-28,32H2,1-2H3;4-6,9-16,20-21,30H,2-3,7-8,17-19,22H2,1H3;3-7H,1-2H3;1H4/b21-19+,25-24+;14-12+;;. The smallest absolute Gasteiger partial charge is 0.237 e. The van der Waals surface area contributed by atoms with E-state index >= 15 is 0 Å². The summed E-state index contributed by atoms with van der Waals surface area (Å²) >= 11 is 3.07. The number of thiophene rings is 2. The molecule has 0 bridgehead atoms. The van der Waals surface area contributed by atoms with Crippen molar-refractivity contribution < 1.29 is 34.0 Å². The SMILES string of the molecule is C.CC1=C(C#N)C(=C(C#N)C#N)OC1(C)c1ccccc1.CCCCN(CCCCO)c1ccc(/C=C/c2ccc(C=O)s2)c(OCc2ccccc2)c1.[C-]#[N+]C1=C(/C=C/c2ccc(/C=C/c3ccc(N(CCCC)CCCCO)cc3OCc3ccccc3)s2)C(C)(c2ccccc2)OC1=C(C#N)C#N. The molecule has 2 N–H and O–H groups in total. The highest BCUT2D eigenvalue weighted by Crippen LogP contribution is 2.49. The molecule has 106 heavy (non-hydrogen) atoms. The molecular formula is C89H90N8O7S2. The van der Waals surface area contributed by atoms with Gasteiger partial charge in [-0.25, -0.2) is 4.85 Å². The molecule has 0 radical (unpaired) electrons. The summed E-state index contributed by atoms with van der Waals surface area (Å²) in [7, 11) is 0. The summed E-state index contributed by atoms with van der Waals surface area (Å²) in [4.78, 5) is 23.2. The fourth-order valence-corrected chi connectivity index (χ4v) is 13.3. The number of rotatable bonds is 31. The summed E-state index contributed by atoms with van der Waals surface area (Å²) < 4.78 is 24.8. The van der Waals surface area contributed by atoms with Gasteiger partial charge in [0.2, 0.25) is 5.70 Å². The fourth-order valence-electron chi connectivity index (χ4n) is 11.8. The first-order valence-electron chi connectivity index (χ1n) is 35.1. The molecule has 0 spiro atoms. The number of hydrogen-bond acceptors (Lipinski definition) is 16. The van der Waals surface area contributed by atoms with Crippen LogP contribution in [0.5, 0.6) is 11.5 Å². The van der Waals surface area contributed by atoms with E-state index < -0.39 is 11.2 Å². The number of benzene rings is 6. The van der Waals surface area contributed by atoms with Crippen LogP contribution in [-0.2, 0) is 33.9 Å². The van der Waals surface area contributed by atoms with Crippen LogP contribution in [0.1, 0.15) is 151 Å². The van der Waals surface area contributed by atoms with Gasteiger partial charge in [0.05, 0.1) is 17.0 Å². The molecule has 2 aliphatic heterocycles. The van der Waals surface area contributed by atoms with Crippen LogP contribution in [0.3, 0.4) is 0 Å². The third-order valence-electron chi connectivity index (χ3n) is 17.8. The average molecular weight is 1450 g/mol. The van der Waals surface area contributed by atoms with Crippen molar-refractivity contribution in [3.8, 4) is 41.8 Å². The van der Waals surface area contributed by atoms with Crippen LogP contribution >= 0.6 is 22.7 Å². The molecule has 540 valence electrons. The molecule has 0 fully saturated rings. The van der Waals surface area contributed by atoms with Crippen molar-refractivity contribution in [2.45, 2.75) is 118 Å². The van der Waals surface area contributed by atoms with Gasteiger partial charge in [0.25, 0.3) is 0 Å². The van der Waals surface area contributed by atoms with E-state index in [1.807, 2.05) is 178 Å². The van der Waals surface area contributed by atoms with E-state index in [0.29, 0.717) is 24.4 Å². The van der Waals surface area contributed by atoms with Crippen LogP contribution in [0.4, 0.5) is 11.4 Å². The monoisotopic (exact) mass is 1450 g/mol. The van der Waals surface area contributed by atoms with Gasteiger partial charge in [0.15, 0.2) is 34.6 Å². The number of nitrogens with zero attached hydrogens (tertiary/aromatic N) is 8. The van der Waals surface area contributed by atoms with Crippen molar-refractivity contribution in [3.63, 3.8) is 0 Å². The highest BCUT2D eigenvalue weighted by Gasteiger charge is 2.44. The lowest BCUT2D eigenvalue weighted by Crippen LogP contribution is -2.25. The van der Waals surface area contributed by atoms with Crippen molar-refractivity contribution in [1.29, 1.82) is 26.3 Å². The number of hydrogen-bond donors (Lipinski definition) is 2. The van der Waals surface area contributed by atoms with E-state index in [1.165, 1.54) is 11.3 Å². The molecule has 2 atom stereocenters. The fraction of sp³-hybridized carbons (Fsp3) is 0.270. The maximum absolute atomic E-state index is 11.0. The Kier molecular flexibility index (Phi) is 32.4. The predicted molar refractivity (Wildman–Crippen MR) is 427 cm³/mol. The van der Waals surface area contributed by atoms with Gasteiger partial charge in [-0.2, -0.15) is 26.3 Å². The number of unbranched alkanes of at least 4 members (excludes halogenated alkanes) is 4. The number of carbonyl (C=O) groups excluding carboxylic acids is 1. The molecule has 10 rings (SSSR count). The zero-order valence-corrected chi connectivity index (χ0v) is 61.6.